The molecular formula is C17H31N3O. The molecule has 0 radical (unpaired) electrons. The quantitative estimate of drug-likeness (QED) is 0.836. The van der Waals surface area contributed by atoms with E-state index in [0.29, 0.717) is 12.0 Å². The maximum atomic E-state index is 6.10. The molecular weight excluding hydrogens is 262 g/mol. The van der Waals surface area contributed by atoms with Crippen molar-refractivity contribution in [1.82, 2.24) is 14.9 Å². The zero-order chi connectivity index (χ0) is 15.3. The van der Waals surface area contributed by atoms with Crippen molar-refractivity contribution >= 4 is 0 Å². The molecule has 21 heavy (non-hydrogen) atoms. The van der Waals surface area contributed by atoms with Gasteiger partial charge in [0.1, 0.15) is 0 Å². The standard InChI is InChI=1S/C17H31N3O/c1-5-17(6-2)9-15(7-8-21-17)20-13-19-12-16(20)11-18-10-14(3)4/h12-15,18H,5-11H2,1-4H3. The SMILES string of the molecule is CCC1(CC)CC(n2cncc2CNCC(C)C)CCO1. The number of nitrogens with one attached hydrogen (secondary N) is 1. The Morgan fingerprint density at radius 2 is 2.19 bits per heavy atom. The highest BCUT2D eigenvalue weighted by Crippen LogP contribution is 2.37. The van der Waals surface area contributed by atoms with Gasteiger partial charge < -0.3 is 14.6 Å². The Balaban J connectivity index is 2.02. The Bertz CT molecular complexity index is 423. The summed E-state index contributed by atoms with van der Waals surface area (Å²) in [5, 5.41) is 3.52. The second-order valence-electron chi connectivity index (χ2n) is 6.70. The van der Waals surface area contributed by atoms with Crippen molar-refractivity contribution < 1.29 is 4.74 Å². The fraction of sp³-hybridized carbons (Fsp3) is 0.824. The highest BCUT2D eigenvalue weighted by Gasteiger charge is 2.35. The number of rotatable bonds is 7. The molecule has 0 bridgehead atoms. The van der Waals surface area contributed by atoms with Crippen molar-refractivity contribution in [2.75, 3.05) is 13.2 Å². The molecule has 0 aliphatic carbocycles. The van der Waals surface area contributed by atoms with E-state index in [0.717, 1.165) is 45.4 Å². The summed E-state index contributed by atoms with van der Waals surface area (Å²) in [6.45, 7) is 11.8. The van der Waals surface area contributed by atoms with Crippen LogP contribution in [0.15, 0.2) is 12.5 Å². The van der Waals surface area contributed by atoms with Crippen LogP contribution < -0.4 is 5.32 Å². The van der Waals surface area contributed by atoms with Crippen LogP contribution in [-0.4, -0.2) is 28.3 Å². The Hall–Kier alpha value is -0.870. The van der Waals surface area contributed by atoms with Gasteiger partial charge in [-0.1, -0.05) is 27.7 Å². The van der Waals surface area contributed by atoms with Gasteiger partial charge in [-0.2, -0.15) is 0 Å². The van der Waals surface area contributed by atoms with Gasteiger partial charge in [0, 0.05) is 25.4 Å². The van der Waals surface area contributed by atoms with Crippen LogP contribution in [0.25, 0.3) is 0 Å². The molecule has 1 saturated heterocycles. The minimum atomic E-state index is 0.0653. The molecule has 120 valence electrons. The normalized spacial score (nSPS) is 21.9. The second kappa shape index (κ2) is 7.41. The lowest BCUT2D eigenvalue weighted by molar-refractivity contribution is -0.0990. The zero-order valence-electron chi connectivity index (χ0n) is 14.1. The number of aromatic nitrogens is 2. The molecule has 0 spiro atoms. The fourth-order valence-corrected chi connectivity index (χ4v) is 3.27. The van der Waals surface area contributed by atoms with E-state index in [-0.39, 0.29) is 5.60 Å². The van der Waals surface area contributed by atoms with Crippen molar-refractivity contribution in [1.29, 1.82) is 0 Å². The highest BCUT2D eigenvalue weighted by atomic mass is 16.5. The summed E-state index contributed by atoms with van der Waals surface area (Å²) in [7, 11) is 0. The molecule has 1 aromatic rings. The molecule has 1 aliphatic heterocycles. The third kappa shape index (κ3) is 4.07. The summed E-state index contributed by atoms with van der Waals surface area (Å²) >= 11 is 0. The number of nitrogens with zero attached hydrogens (tertiary/aromatic N) is 2. The monoisotopic (exact) mass is 293 g/mol. The summed E-state index contributed by atoms with van der Waals surface area (Å²) in [4.78, 5) is 4.38. The van der Waals surface area contributed by atoms with E-state index >= 15 is 0 Å². The van der Waals surface area contributed by atoms with Gasteiger partial charge in [-0.15, -0.1) is 0 Å². The van der Waals surface area contributed by atoms with Crippen LogP contribution in [0, 0.1) is 5.92 Å². The van der Waals surface area contributed by atoms with E-state index in [4.69, 9.17) is 4.74 Å². The summed E-state index contributed by atoms with van der Waals surface area (Å²) in [5.41, 5.74) is 1.36. The van der Waals surface area contributed by atoms with Crippen molar-refractivity contribution in [3.05, 3.63) is 18.2 Å². The lowest BCUT2D eigenvalue weighted by Crippen LogP contribution is -2.39. The molecule has 4 heteroatoms. The highest BCUT2D eigenvalue weighted by molar-refractivity contribution is 5.02. The maximum Gasteiger partial charge on any atom is 0.0951 e. The van der Waals surface area contributed by atoms with Crippen molar-refractivity contribution in [2.45, 2.75) is 71.6 Å². The Labute approximate surface area is 129 Å². The molecule has 1 atom stereocenters. The lowest BCUT2D eigenvalue weighted by Gasteiger charge is -2.40. The van der Waals surface area contributed by atoms with E-state index < -0.39 is 0 Å². The molecule has 1 N–H and O–H groups in total. The van der Waals surface area contributed by atoms with Gasteiger partial charge in [-0.3, -0.25) is 0 Å². The van der Waals surface area contributed by atoms with Crippen LogP contribution in [0.3, 0.4) is 0 Å². The molecule has 1 aliphatic rings. The minimum Gasteiger partial charge on any atom is -0.375 e. The van der Waals surface area contributed by atoms with Crippen LogP contribution >= 0.6 is 0 Å². The first kappa shape index (κ1) is 16.5. The average Bonchev–Trinajstić information content (AvgIpc) is 2.95. The third-order valence-electron chi connectivity index (χ3n) is 4.75. The first-order valence-corrected chi connectivity index (χ1v) is 8.45. The van der Waals surface area contributed by atoms with E-state index in [1.165, 1.54) is 5.69 Å². The van der Waals surface area contributed by atoms with E-state index in [9.17, 15) is 0 Å². The van der Waals surface area contributed by atoms with Crippen LogP contribution in [-0.2, 0) is 11.3 Å². The molecule has 0 amide bonds. The van der Waals surface area contributed by atoms with Gasteiger partial charge in [-0.25, -0.2) is 4.98 Å². The maximum absolute atomic E-state index is 6.10. The van der Waals surface area contributed by atoms with E-state index in [1.807, 2.05) is 12.5 Å². The molecule has 2 rings (SSSR count). The van der Waals surface area contributed by atoms with Crippen LogP contribution in [0.2, 0.25) is 0 Å². The Morgan fingerprint density at radius 1 is 1.43 bits per heavy atom. The van der Waals surface area contributed by atoms with Gasteiger partial charge in [0.25, 0.3) is 0 Å². The summed E-state index contributed by atoms with van der Waals surface area (Å²) in [6, 6.07) is 0.525. The van der Waals surface area contributed by atoms with Crippen LogP contribution in [0.4, 0.5) is 0 Å². The van der Waals surface area contributed by atoms with Crippen molar-refractivity contribution in [2.24, 2.45) is 5.92 Å². The Morgan fingerprint density at radius 3 is 2.86 bits per heavy atom. The van der Waals surface area contributed by atoms with Crippen molar-refractivity contribution in [3.63, 3.8) is 0 Å². The zero-order valence-corrected chi connectivity index (χ0v) is 14.1. The minimum absolute atomic E-state index is 0.0653. The average molecular weight is 293 g/mol. The molecule has 2 heterocycles. The first-order chi connectivity index (χ1) is 10.1. The van der Waals surface area contributed by atoms with Crippen LogP contribution in [0.5, 0.6) is 0 Å². The number of ether oxygens (including phenoxy) is 1. The molecule has 0 saturated carbocycles. The third-order valence-corrected chi connectivity index (χ3v) is 4.75. The topological polar surface area (TPSA) is 39.1 Å². The molecule has 0 aromatic carbocycles. The number of hydrogen-bond donors (Lipinski definition) is 1. The first-order valence-electron chi connectivity index (χ1n) is 8.45. The van der Waals surface area contributed by atoms with Gasteiger partial charge in [-0.05, 0) is 38.1 Å². The van der Waals surface area contributed by atoms with Gasteiger partial charge in [0.15, 0.2) is 0 Å². The second-order valence-corrected chi connectivity index (χ2v) is 6.70. The van der Waals surface area contributed by atoms with Gasteiger partial charge in [0.2, 0.25) is 0 Å². The van der Waals surface area contributed by atoms with Gasteiger partial charge >= 0.3 is 0 Å². The smallest absolute Gasteiger partial charge is 0.0951 e. The molecule has 1 fully saturated rings. The molecule has 4 nitrogen and oxygen atoms in total. The summed E-state index contributed by atoms with van der Waals surface area (Å²) in [6.07, 6.45) is 8.38. The van der Waals surface area contributed by atoms with E-state index in [1.54, 1.807) is 0 Å². The van der Waals surface area contributed by atoms with E-state index in [2.05, 4.69) is 42.6 Å². The number of hydrogen-bond acceptors (Lipinski definition) is 3. The fourth-order valence-electron chi connectivity index (χ4n) is 3.27. The number of imidazole rings is 1. The predicted octanol–water partition coefficient (Wildman–Crippen LogP) is 3.54. The summed E-state index contributed by atoms with van der Waals surface area (Å²) < 4.78 is 8.47. The van der Waals surface area contributed by atoms with Gasteiger partial charge in [0.05, 0.1) is 17.6 Å². The van der Waals surface area contributed by atoms with Crippen LogP contribution in [0.1, 0.15) is 65.1 Å². The largest absolute Gasteiger partial charge is 0.375 e. The summed E-state index contributed by atoms with van der Waals surface area (Å²) in [5.74, 6) is 0.678. The predicted molar refractivity (Wildman–Crippen MR) is 86.3 cm³/mol. The van der Waals surface area contributed by atoms with Crippen molar-refractivity contribution in [3.8, 4) is 0 Å². The lowest BCUT2D eigenvalue weighted by atomic mass is 9.85. The molecule has 1 unspecified atom stereocenters. The Kier molecular flexibility index (Phi) is 5.82. The molecule has 1 aromatic heterocycles.